The third kappa shape index (κ3) is 17.3. The average Bonchev–Trinajstić information content (AvgIpc) is 3.84. The summed E-state index contributed by atoms with van der Waals surface area (Å²) >= 11 is 0. The molecule has 0 radical (unpaired) electrons. The number of aromatic amines is 1. The van der Waals surface area contributed by atoms with Crippen LogP contribution in [-0.4, -0.2) is 134 Å². The fraction of sp³-hybridized carbons (Fsp3) is 0.411. The van der Waals surface area contributed by atoms with Crippen molar-refractivity contribution in [3.63, 3.8) is 0 Å². The summed E-state index contributed by atoms with van der Waals surface area (Å²) in [6, 6.07) is 17.5. The van der Waals surface area contributed by atoms with Gasteiger partial charge in [0.15, 0.2) is 0 Å². The van der Waals surface area contributed by atoms with Gasteiger partial charge < -0.3 is 63.9 Å². The molecule has 14 N–H and O–H groups in total. The minimum Gasteiger partial charge on any atom is -0.481 e. The van der Waals surface area contributed by atoms with E-state index in [0.29, 0.717) is 29.5 Å². The van der Waals surface area contributed by atoms with Gasteiger partial charge >= 0.3 is 11.9 Å². The first kappa shape index (κ1) is 60.8. The fourth-order valence-corrected chi connectivity index (χ4v) is 11.9. The van der Waals surface area contributed by atoms with Gasteiger partial charge in [-0.15, -0.1) is 0 Å². The number of para-hydroxylation sites is 1. The Hall–Kier alpha value is -7.47. The van der Waals surface area contributed by atoms with Crippen molar-refractivity contribution in [3.05, 3.63) is 120 Å². The van der Waals surface area contributed by atoms with Gasteiger partial charge in [0.1, 0.15) is 42.3 Å². The number of aliphatic carboxylic acids is 2. The van der Waals surface area contributed by atoms with Crippen molar-refractivity contribution in [1.29, 1.82) is 0 Å². The molecular formula is C56H70N10O11S2. The Morgan fingerprint density at radius 2 is 1.28 bits per heavy atom. The van der Waals surface area contributed by atoms with Crippen LogP contribution in [0, 0.1) is 5.92 Å². The number of H-pyrrole nitrogens is 1. The van der Waals surface area contributed by atoms with Crippen molar-refractivity contribution in [2.45, 2.75) is 126 Å². The minimum absolute atomic E-state index is 0.0449. The first-order valence-electron chi connectivity index (χ1n) is 26.0. The Kier molecular flexibility index (Phi) is 21.9. The maximum Gasteiger partial charge on any atom is 0.326 e. The highest BCUT2D eigenvalue weighted by Crippen LogP contribution is 2.39. The van der Waals surface area contributed by atoms with Gasteiger partial charge in [-0.3, -0.25) is 38.4 Å². The molecule has 1 aliphatic heterocycles. The van der Waals surface area contributed by atoms with E-state index < -0.39 is 119 Å². The predicted octanol–water partition coefficient (Wildman–Crippen LogP) is 2.59. The van der Waals surface area contributed by atoms with E-state index in [0.717, 1.165) is 43.3 Å². The molecule has 2 heterocycles. The average molecular weight is 1120 g/mol. The van der Waals surface area contributed by atoms with Crippen LogP contribution in [0.4, 0.5) is 0 Å². The van der Waals surface area contributed by atoms with Gasteiger partial charge in [0.2, 0.25) is 41.4 Å². The van der Waals surface area contributed by atoms with Crippen molar-refractivity contribution in [2.75, 3.05) is 12.3 Å². The summed E-state index contributed by atoms with van der Waals surface area (Å²) in [6.07, 6.45) is 1.43. The van der Waals surface area contributed by atoms with Crippen LogP contribution in [0.15, 0.2) is 103 Å². The number of aromatic nitrogens is 1. The molecule has 8 atom stereocenters. The van der Waals surface area contributed by atoms with Crippen molar-refractivity contribution >= 4 is 96.6 Å². The molecule has 23 heteroatoms. The quantitative estimate of drug-likeness (QED) is 0.0443. The molecular weight excluding hydrogens is 1050 g/mol. The summed E-state index contributed by atoms with van der Waals surface area (Å²) in [7, 11) is 1.97. The number of fused-ring (bicyclic) bond motifs is 2. The van der Waals surface area contributed by atoms with Crippen LogP contribution in [0.2, 0.25) is 0 Å². The van der Waals surface area contributed by atoms with Gasteiger partial charge in [-0.1, -0.05) is 126 Å². The Bertz CT molecular complexity index is 2990. The van der Waals surface area contributed by atoms with Crippen molar-refractivity contribution in [3.8, 4) is 0 Å². The molecule has 1 fully saturated rings. The second-order valence-corrected chi connectivity index (χ2v) is 23.4. The summed E-state index contributed by atoms with van der Waals surface area (Å²) in [6.45, 7) is 6.60. The Morgan fingerprint density at radius 1 is 0.696 bits per heavy atom. The molecule has 5 aromatic rings. The molecule has 4 aromatic carbocycles. The molecule has 1 saturated heterocycles. The SMILES string of the molecule is CC(C)[C@H](NC(=O)[C@@H]1CSSC(C)(C)[C@H](NC(=O)[C@@H](N)CC(=O)O)C(=O)N[C@@H](Cc2ccccc2)C(=O)N[C@@H](Cc2c[nH]c3ccccc23)C(=O)N[C@@H](CCCCN)C(=O)N[C@@H](Cc2ccc3ccccc3c2)C(=O)N1)C(=O)O. The number of carboxylic acid groups (broad SMARTS) is 2. The van der Waals surface area contributed by atoms with Gasteiger partial charge in [0, 0.05) is 46.9 Å². The van der Waals surface area contributed by atoms with Gasteiger partial charge in [-0.2, -0.15) is 0 Å². The molecule has 422 valence electrons. The number of carboxylic acids is 2. The van der Waals surface area contributed by atoms with Crippen molar-refractivity contribution in [2.24, 2.45) is 17.4 Å². The number of hydrogen-bond acceptors (Lipinski definition) is 13. The van der Waals surface area contributed by atoms with Gasteiger partial charge in [-0.05, 0) is 79.1 Å². The largest absolute Gasteiger partial charge is 0.481 e. The van der Waals surface area contributed by atoms with Crippen LogP contribution in [0.25, 0.3) is 21.7 Å². The van der Waals surface area contributed by atoms with Crippen LogP contribution in [0.5, 0.6) is 0 Å². The topological polar surface area (TPSA) is 346 Å². The summed E-state index contributed by atoms with van der Waals surface area (Å²) in [5.41, 5.74) is 14.5. The van der Waals surface area contributed by atoms with E-state index in [2.05, 4.69) is 42.2 Å². The maximum atomic E-state index is 15.0. The number of benzene rings is 4. The van der Waals surface area contributed by atoms with E-state index in [4.69, 9.17) is 11.5 Å². The molecule has 21 nitrogen and oxygen atoms in total. The molecule has 1 aliphatic rings. The lowest BCUT2D eigenvalue weighted by Gasteiger charge is -2.35. The van der Waals surface area contributed by atoms with Crippen LogP contribution in [-0.2, 0) is 62.4 Å². The molecule has 0 saturated carbocycles. The van der Waals surface area contributed by atoms with E-state index in [9.17, 15) is 53.4 Å². The van der Waals surface area contributed by atoms with E-state index >= 15 is 0 Å². The van der Waals surface area contributed by atoms with E-state index in [-0.39, 0.29) is 38.0 Å². The van der Waals surface area contributed by atoms with Crippen molar-refractivity contribution < 1.29 is 53.4 Å². The lowest BCUT2D eigenvalue weighted by atomic mass is 9.98. The Morgan fingerprint density at radius 3 is 1.94 bits per heavy atom. The number of nitrogens with two attached hydrogens (primary N) is 2. The third-order valence-corrected chi connectivity index (χ3v) is 16.8. The maximum absolute atomic E-state index is 15.0. The lowest BCUT2D eigenvalue weighted by Crippen LogP contribution is -2.63. The van der Waals surface area contributed by atoms with E-state index in [1.165, 1.54) is 0 Å². The molecule has 0 spiro atoms. The summed E-state index contributed by atoms with van der Waals surface area (Å²) in [5.74, 6) is -9.59. The lowest BCUT2D eigenvalue weighted by molar-refractivity contribution is -0.143. The normalized spacial score (nSPS) is 21.6. The van der Waals surface area contributed by atoms with Crippen molar-refractivity contribution in [1.82, 2.24) is 42.2 Å². The zero-order valence-corrected chi connectivity index (χ0v) is 46.0. The number of hydrogen-bond donors (Lipinski definition) is 12. The number of rotatable bonds is 18. The van der Waals surface area contributed by atoms with Crippen LogP contribution in [0.1, 0.15) is 70.1 Å². The zero-order chi connectivity index (χ0) is 57.4. The zero-order valence-electron chi connectivity index (χ0n) is 44.4. The van der Waals surface area contributed by atoms with Crippen LogP contribution in [0.3, 0.4) is 0 Å². The first-order chi connectivity index (χ1) is 37.6. The molecule has 1 aromatic heterocycles. The minimum atomic E-state index is -1.61. The monoisotopic (exact) mass is 1120 g/mol. The molecule has 0 unspecified atom stereocenters. The van der Waals surface area contributed by atoms with Gasteiger partial charge in [0.25, 0.3) is 0 Å². The number of carbonyl (C=O) groups is 9. The standard InChI is InChI=1S/C56H70N10O11S2/c1-31(2)46(55(76)77)65-53(74)44-30-78-79-56(3,4)47(66-48(69)38(58)28-45(67)68)54(75)63-41(25-32-14-6-5-7-15-32)50(71)62-43(27-36-29-59-39-19-11-10-18-37(36)39)52(73)60-40(20-12-13-23-57)49(70)61-42(51(72)64-44)26-33-21-22-34-16-8-9-17-35(34)24-33/h5-11,14-19,21-22,24,29,31,38,40-44,46-47,59H,12-13,20,23,25-28,30,57-58H2,1-4H3,(H,60,73)(H,61,70)(H,62,71)(H,63,75)(H,64,72)(H,65,74)(H,66,69)(H,67,68)(H,76,77)/t38-,40-,41-,42-,43-,44-,46-,47+/m0/s1. The second-order valence-electron chi connectivity index (χ2n) is 20.4. The number of nitrogens with one attached hydrogen (secondary N) is 8. The summed E-state index contributed by atoms with van der Waals surface area (Å²) < 4.78 is -1.40. The molecule has 0 bridgehead atoms. The van der Waals surface area contributed by atoms with E-state index in [1.54, 1.807) is 70.3 Å². The molecule has 7 amide bonds. The highest BCUT2D eigenvalue weighted by Gasteiger charge is 2.42. The Labute approximate surface area is 465 Å². The number of carbonyl (C=O) groups excluding carboxylic acids is 7. The molecule has 0 aliphatic carbocycles. The second kappa shape index (κ2) is 28.4. The Balaban J connectivity index is 1.48. The predicted molar refractivity (Wildman–Crippen MR) is 303 cm³/mol. The highest BCUT2D eigenvalue weighted by molar-refractivity contribution is 8.77. The number of amides is 7. The first-order valence-corrected chi connectivity index (χ1v) is 28.4. The van der Waals surface area contributed by atoms with Crippen LogP contribution < -0.4 is 48.7 Å². The smallest absolute Gasteiger partial charge is 0.326 e. The summed E-state index contributed by atoms with van der Waals surface area (Å²) in [4.78, 5) is 130. The molecule has 79 heavy (non-hydrogen) atoms. The fourth-order valence-electron chi connectivity index (χ4n) is 9.04. The van der Waals surface area contributed by atoms with Gasteiger partial charge in [0.05, 0.1) is 12.5 Å². The molecule has 6 rings (SSSR count). The third-order valence-electron chi connectivity index (χ3n) is 13.5. The number of unbranched alkanes of at least 4 members (excludes halogenated alkanes) is 1. The van der Waals surface area contributed by atoms with Gasteiger partial charge in [-0.25, -0.2) is 4.79 Å². The summed E-state index contributed by atoms with van der Waals surface area (Å²) in [5, 5.41) is 41.3. The van der Waals surface area contributed by atoms with Crippen LogP contribution >= 0.6 is 21.6 Å². The van der Waals surface area contributed by atoms with E-state index in [1.807, 2.05) is 60.7 Å². The highest BCUT2D eigenvalue weighted by atomic mass is 33.1.